The van der Waals surface area contributed by atoms with Crippen molar-refractivity contribution in [2.24, 2.45) is 5.92 Å². The molecule has 1 heterocycles. The summed E-state index contributed by atoms with van der Waals surface area (Å²) in [7, 11) is 0. The Hall–Kier alpha value is -1.04. The molecule has 0 saturated carbocycles. The number of carbonyl (C=O) groups is 1. The Morgan fingerprint density at radius 1 is 1.62 bits per heavy atom. The third-order valence-corrected chi connectivity index (χ3v) is 3.77. The Balaban J connectivity index is 2.59. The second kappa shape index (κ2) is 5.89. The van der Waals surface area contributed by atoms with Crippen molar-refractivity contribution in [1.29, 1.82) is 0 Å². The predicted molar refractivity (Wildman–Crippen MR) is 63.3 cm³/mol. The highest BCUT2D eigenvalue weighted by molar-refractivity contribution is 7.99. The molecule has 0 aliphatic rings. The SMILES string of the molecule is CCn1ncnc1CSC(C(=O)O)C(C)C. The maximum absolute atomic E-state index is 11.0. The summed E-state index contributed by atoms with van der Waals surface area (Å²) in [6.07, 6.45) is 1.50. The Morgan fingerprint density at radius 3 is 2.81 bits per heavy atom. The number of carboxylic acid groups (broad SMARTS) is 1. The van der Waals surface area contributed by atoms with E-state index in [1.165, 1.54) is 18.1 Å². The van der Waals surface area contributed by atoms with E-state index in [0.717, 1.165) is 12.4 Å². The van der Waals surface area contributed by atoms with Gasteiger partial charge < -0.3 is 5.11 Å². The molecule has 1 aromatic heterocycles. The average Bonchev–Trinajstić information content (AvgIpc) is 2.64. The summed E-state index contributed by atoms with van der Waals surface area (Å²) in [5, 5.41) is 12.7. The van der Waals surface area contributed by atoms with Gasteiger partial charge in [-0.3, -0.25) is 4.79 Å². The molecule has 0 saturated heterocycles. The standard InChI is InChI=1S/C10H17N3O2S/c1-4-13-8(11-6-12-13)5-16-9(7(2)3)10(14)15/h6-7,9H,4-5H2,1-3H3,(H,14,15). The second-order valence-corrected chi connectivity index (χ2v) is 4.94. The summed E-state index contributed by atoms with van der Waals surface area (Å²) in [5.41, 5.74) is 0. The van der Waals surface area contributed by atoms with Crippen LogP contribution in [0.2, 0.25) is 0 Å². The van der Waals surface area contributed by atoms with Crippen LogP contribution >= 0.6 is 11.8 Å². The number of aliphatic carboxylic acids is 1. The molecular weight excluding hydrogens is 226 g/mol. The molecule has 1 atom stereocenters. The van der Waals surface area contributed by atoms with Crippen molar-refractivity contribution in [3.8, 4) is 0 Å². The number of nitrogens with zero attached hydrogens (tertiary/aromatic N) is 3. The zero-order chi connectivity index (χ0) is 12.1. The summed E-state index contributed by atoms with van der Waals surface area (Å²) in [5.74, 6) is 0.769. The molecule has 16 heavy (non-hydrogen) atoms. The van der Waals surface area contributed by atoms with Crippen LogP contribution in [0.1, 0.15) is 26.6 Å². The zero-order valence-electron chi connectivity index (χ0n) is 9.75. The Kier molecular flexibility index (Phi) is 4.79. The highest BCUT2D eigenvalue weighted by Gasteiger charge is 2.22. The van der Waals surface area contributed by atoms with Crippen LogP contribution in [-0.2, 0) is 17.1 Å². The van der Waals surface area contributed by atoms with E-state index in [4.69, 9.17) is 5.11 Å². The number of carboxylic acids is 1. The number of hydrogen-bond acceptors (Lipinski definition) is 4. The van der Waals surface area contributed by atoms with Gasteiger partial charge in [0.05, 0.1) is 5.75 Å². The molecule has 0 spiro atoms. The minimum atomic E-state index is -0.762. The molecule has 0 fully saturated rings. The smallest absolute Gasteiger partial charge is 0.316 e. The summed E-state index contributed by atoms with van der Waals surface area (Å²) in [6.45, 7) is 6.57. The quantitative estimate of drug-likeness (QED) is 0.822. The zero-order valence-corrected chi connectivity index (χ0v) is 10.6. The first kappa shape index (κ1) is 13.0. The fraction of sp³-hybridized carbons (Fsp3) is 0.700. The molecule has 0 bridgehead atoms. The average molecular weight is 243 g/mol. The molecule has 90 valence electrons. The van der Waals surface area contributed by atoms with Crippen LogP contribution in [0.25, 0.3) is 0 Å². The van der Waals surface area contributed by atoms with E-state index in [9.17, 15) is 4.79 Å². The van der Waals surface area contributed by atoms with Gasteiger partial charge in [0.1, 0.15) is 17.4 Å². The van der Waals surface area contributed by atoms with Gasteiger partial charge >= 0.3 is 5.97 Å². The number of thioether (sulfide) groups is 1. The van der Waals surface area contributed by atoms with Crippen LogP contribution < -0.4 is 0 Å². The molecule has 5 nitrogen and oxygen atoms in total. The van der Waals surface area contributed by atoms with Crippen LogP contribution in [0.4, 0.5) is 0 Å². The number of aromatic nitrogens is 3. The Labute approximate surface area is 99.3 Å². The van der Waals surface area contributed by atoms with Gasteiger partial charge in [0.15, 0.2) is 0 Å². The van der Waals surface area contributed by atoms with Gasteiger partial charge in [-0.05, 0) is 12.8 Å². The Morgan fingerprint density at radius 2 is 2.31 bits per heavy atom. The van der Waals surface area contributed by atoms with Gasteiger partial charge in [0, 0.05) is 6.54 Å². The molecule has 1 aromatic rings. The van der Waals surface area contributed by atoms with Gasteiger partial charge in [0.2, 0.25) is 0 Å². The lowest BCUT2D eigenvalue weighted by Gasteiger charge is -2.15. The predicted octanol–water partition coefficient (Wildman–Crippen LogP) is 1.64. The van der Waals surface area contributed by atoms with Gasteiger partial charge in [-0.2, -0.15) is 5.10 Å². The molecule has 0 amide bonds. The largest absolute Gasteiger partial charge is 0.480 e. The lowest BCUT2D eigenvalue weighted by atomic mass is 10.1. The maximum Gasteiger partial charge on any atom is 0.316 e. The molecule has 1 N–H and O–H groups in total. The monoisotopic (exact) mass is 243 g/mol. The van der Waals surface area contributed by atoms with E-state index in [1.807, 2.05) is 20.8 Å². The topological polar surface area (TPSA) is 68.0 Å². The minimum Gasteiger partial charge on any atom is -0.480 e. The van der Waals surface area contributed by atoms with Gasteiger partial charge in [0.25, 0.3) is 0 Å². The van der Waals surface area contributed by atoms with Crippen molar-refractivity contribution in [3.05, 3.63) is 12.2 Å². The molecule has 0 aliphatic carbocycles. The van der Waals surface area contributed by atoms with Crippen molar-refractivity contribution >= 4 is 17.7 Å². The van der Waals surface area contributed by atoms with E-state index in [1.54, 1.807) is 4.68 Å². The third-order valence-electron chi connectivity index (χ3n) is 2.24. The van der Waals surface area contributed by atoms with Gasteiger partial charge in [-0.1, -0.05) is 13.8 Å². The molecule has 6 heteroatoms. The van der Waals surface area contributed by atoms with E-state index in [2.05, 4.69) is 10.1 Å². The summed E-state index contributed by atoms with van der Waals surface area (Å²) in [6, 6.07) is 0. The number of hydrogen-bond donors (Lipinski definition) is 1. The minimum absolute atomic E-state index is 0.112. The molecule has 0 aliphatic heterocycles. The van der Waals surface area contributed by atoms with E-state index in [-0.39, 0.29) is 11.2 Å². The van der Waals surface area contributed by atoms with Crippen LogP contribution in [0.5, 0.6) is 0 Å². The Bertz CT molecular complexity index is 352. The highest BCUT2D eigenvalue weighted by Crippen LogP contribution is 2.23. The fourth-order valence-electron chi connectivity index (χ4n) is 1.38. The maximum atomic E-state index is 11.0. The van der Waals surface area contributed by atoms with E-state index in [0.29, 0.717) is 5.75 Å². The number of rotatable bonds is 6. The summed E-state index contributed by atoms with van der Waals surface area (Å²) >= 11 is 1.40. The molecule has 0 radical (unpaired) electrons. The lowest BCUT2D eigenvalue weighted by Crippen LogP contribution is -2.23. The van der Waals surface area contributed by atoms with Crippen molar-refractivity contribution in [1.82, 2.24) is 14.8 Å². The summed E-state index contributed by atoms with van der Waals surface area (Å²) in [4.78, 5) is 15.1. The first-order chi connectivity index (χ1) is 7.56. The van der Waals surface area contributed by atoms with Crippen LogP contribution in [0, 0.1) is 5.92 Å². The van der Waals surface area contributed by atoms with Crippen molar-refractivity contribution in [2.45, 2.75) is 38.3 Å². The number of aryl methyl sites for hydroxylation is 1. The molecule has 1 rings (SSSR count). The highest BCUT2D eigenvalue weighted by atomic mass is 32.2. The van der Waals surface area contributed by atoms with Gasteiger partial charge in [-0.25, -0.2) is 9.67 Å². The summed E-state index contributed by atoms with van der Waals surface area (Å²) < 4.78 is 1.78. The molecular formula is C10H17N3O2S. The lowest BCUT2D eigenvalue weighted by molar-refractivity contribution is -0.137. The molecule has 1 unspecified atom stereocenters. The van der Waals surface area contributed by atoms with Crippen LogP contribution in [-0.4, -0.2) is 31.1 Å². The molecule has 0 aromatic carbocycles. The van der Waals surface area contributed by atoms with Gasteiger partial charge in [-0.15, -0.1) is 11.8 Å². The fourth-order valence-corrected chi connectivity index (χ4v) is 2.46. The first-order valence-electron chi connectivity index (χ1n) is 5.27. The van der Waals surface area contributed by atoms with E-state index >= 15 is 0 Å². The second-order valence-electron chi connectivity index (χ2n) is 3.81. The van der Waals surface area contributed by atoms with Crippen molar-refractivity contribution in [3.63, 3.8) is 0 Å². The third kappa shape index (κ3) is 3.23. The first-order valence-corrected chi connectivity index (χ1v) is 6.32. The van der Waals surface area contributed by atoms with E-state index < -0.39 is 5.97 Å². The van der Waals surface area contributed by atoms with Crippen molar-refractivity contribution in [2.75, 3.05) is 0 Å². The van der Waals surface area contributed by atoms with Crippen LogP contribution in [0.15, 0.2) is 6.33 Å². The van der Waals surface area contributed by atoms with Crippen LogP contribution in [0.3, 0.4) is 0 Å². The normalized spacial score (nSPS) is 13.0. The van der Waals surface area contributed by atoms with Crippen molar-refractivity contribution < 1.29 is 9.90 Å².